The SMILES string of the molecule is COc1ccc(C(Br)CC(C)C)cc1OC. The number of ether oxygens (including phenoxy) is 2. The first-order valence-electron chi connectivity index (χ1n) is 5.44. The Balaban J connectivity index is 2.89. The topological polar surface area (TPSA) is 18.5 Å². The van der Waals surface area contributed by atoms with Crippen LogP contribution in [0.4, 0.5) is 0 Å². The maximum atomic E-state index is 5.29. The second kappa shape index (κ2) is 6.14. The number of methoxy groups -OCH3 is 2. The van der Waals surface area contributed by atoms with Crippen LogP contribution < -0.4 is 9.47 Å². The zero-order chi connectivity index (χ0) is 12.1. The maximum Gasteiger partial charge on any atom is 0.161 e. The highest BCUT2D eigenvalue weighted by Crippen LogP contribution is 2.35. The van der Waals surface area contributed by atoms with Gasteiger partial charge in [0.2, 0.25) is 0 Å². The first-order valence-corrected chi connectivity index (χ1v) is 6.36. The Kier molecular flexibility index (Phi) is 5.13. The van der Waals surface area contributed by atoms with Crippen molar-refractivity contribution in [3.8, 4) is 11.5 Å². The van der Waals surface area contributed by atoms with Gasteiger partial charge in [0.25, 0.3) is 0 Å². The molecule has 16 heavy (non-hydrogen) atoms. The fourth-order valence-corrected chi connectivity index (χ4v) is 2.63. The zero-order valence-corrected chi connectivity index (χ0v) is 11.9. The number of benzene rings is 1. The van der Waals surface area contributed by atoms with Gasteiger partial charge in [-0.05, 0) is 30.0 Å². The minimum Gasteiger partial charge on any atom is -0.493 e. The first-order chi connectivity index (χ1) is 7.58. The second-order valence-corrected chi connectivity index (χ2v) is 5.32. The highest BCUT2D eigenvalue weighted by atomic mass is 79.9. The molecule has 0 bridgehead atoms. The molecule has 0 aliphatic rings. The van der Waals surface area contributed by atoms with Crippen molar-refractivity contribution in [3.05, 3.63) is 23.8 Å². The molecule has 0 aliphatic heterocycles. The molecule has 0 N–H and O–H groups in total. The van der Waals surface area contributed by atoms with Crippen LogP contribution in [0, 0.1) is 5.92 Å². The lowest BCUT2D eigenvalue weighted by Gasteiger charge is -2.15. The van der Waals surface area contributed by atoms with E-state index in [-0.39, 0.29) is 0 Å². The van der Waals surface area contributed by atoms with Gasteiger partial charge >= 0.3 is 0 Å². The number of rotatable bonds is 5. The molecule has 0 aromatic heterocycles. The average molecular weight is 287 g/mol. The Labute approximate surface area is 106 Å². The van der Waals surface area contributed by atoms with Crippen LogP contribution in [-0.2, 0) is 0 Å². The van der Waals surface area contributed by atoms with E-state index in [1.807, 2.05) is 12.1 Å². The molecule has 0 saturated heterocycles. The minimum absolute atomic E-state index is 0.368. The fourth-order valence-electron chi connectivity index (χ4n) is 1.60. The zero-order valence-electron chi connectivity index (χ0n) is 10.3. The molecular weight excluding hydrogens is 268 g/mol. The summed E-state index contributed by atoms with van der Waals surface area (Å²) in [6.07, 6.45) is 1.11. The van der Waals surface area contributed by atoms with Gasteiger partial charge in [0, 0.05) is 4.83 Å². The highest BCUT2D eigenvalue weighted by molar-refractivity contribution is 9.09. The van der Waals surface area contributed by atoms with E-state index in [0.717, 1.165) is 17.9 Å². The summed E-state index contributed by atoms with van der Waals surface area (Å²) in [5, 5.41) is 0. The molecule has 90 valence electrons. The van der Waals surface area contributed by atoms with Crippen LogP contribution in [0.1, 0.15) is 30.7 Å². The van der Waals surface area contributed by atoms with E-state index in [0.29, 0.717) is 10.7 Å². The summed E-state index contributed by atoms with van der Waals surface area (Å²) >= 11 is 3.70. The lowest BCUT2D eigenvalue weighted by atomic mass is 10.0. The number of alkyl halides is 1. The van der Waals surface area contributed by atoms with Crippen molar-refractivity contribution in [1.82, 2.24) is 0 Å². The number of hydrogen-bond donors (Lipinski definition) is 0. The number of halogens is 1. The van der Waals surface area contributed by atoms with Crippen molar-refractivity contribution >= 4 is 15.9 Å². The van der Waals surface area contributed by atoms with Gasteiger partial charge in [0.1, 0.15) is 0 Å². The first kappa shape index (κ1) is 13.4. The molecular formula is C13H19BrO2. The van der Waals surface area contributed by atoms with Crippen molar-refractivity contribution in [2.75, 3.05) is 14.2 Å². The summed E-state index contributed by atoms with van der Waals surface area (Å²) in [4.78, 5) is 0.368. The summed E-state index contributed by atoms with van der Waals surface area (Å²) in [7, 11) is 3.31. The molecule has 0 fully saturated rings. The Morgan fingerprint density at radius 2 is 1.75 bits per heavy atom. The van der Waals surface area contributed by atoms with E-state index >= 15 is 0 Å². The summed E-state index contributed by atoms with van der Waals surface area (Å²) in [6, 6.07) is 6.05. The Morgan fingerprint density at radius 3 is 2.25 bits per heavy atom. The van der Waals surface area contributed by atoms with Crippen molar-refractivity contribution in [1.29, 1.82) is 0 Å². The third-order valence-electron chi connectivity index (χ3n) is 2.45. The smallest absolute Gasteiger partial charge is 0.161 e. The molecule has 1 rings (SSSR count). The predicted molar refractivity (Wildman–Crippen MR) is 70.7 cm³/mol. The monoisotopic (exact) mass is 286 g/mol. The van der Waals surface area contributed by atoms with E-state index in [9.17, 15) is 0 Å². The summed E-state index contributed by atoms with van der Waals surface area (Å²) in [6.45, 7) is 4.43. The van der Waals surface area contributed by atoms with Gasteiger partial charge in [-0.2, -0.15) is 0 Å². The molecule has 1 aromatic rings. The third kappa shape index (κ3) is 3.41. The van der Waals surface area contributed by atoms with E-state index in [1.54, 1.807) is 14.2 Å². The Hall–Kier alpha value is -0.700. The summed E-state index contributed by atoms with van der Waals surface area (Å²) in [5.74, 6) is 2.22. The van der Waals surface area contributed by atoms with E-state index in [2.05, 4.69) is 35.8 Å². The van der Waals surface area contributed by atoms with Crippen molar-refractivity contribution in [2.24, 2.45) is 5.92 Å². The van der Waals surface area contributed by atoms with Crippen LogP contribution >= 0.6 is 15.9 Å². The lowest BCUT2D eigenvalue weighted by molar-refractivity contribution is 0.354. The Bertz CT molecular complexity index is 337. The van der Waals surface area contributed by atoms with Gasteiger partial charge in [-0.15, -0.1) is 0 Å². The standard InChI is InChI=1S/C13H19BrO2/c1-9(2)7-11(14)10-5-6-12(15-3)13(8-10)16-4/h5-6,8-9,11H,7H2,1-4H3. The van der Waals surface area contributed by atoms with Crippen molar-refractivity contribution in [2.45, 2.75) is 25.1 Å². The van der Waals surface area contributed by atoms with Gasteiger partial charge in [0.15, 0.2) is 11.5 Å². The molecule has 0 heterocycles. The van der Waals surface area contributed by atoms with Gasteiger partial charge in [-0.25, -0.2) is 0 Å². The highest BCUT2D eigenvalue weighted by Gasteiger charge is 2.12. The van der Waals surface area contributed by atoms with Crippen LogP contribution in [-0.4, -0.2) is 14.2 Å². The quantitative estimate of drug-likeness (QED) is 0.756. The largest absolute Gasteiger partial charge is 0.493 e. The molecule has 0 radical (unpaired) electrons. The van der Waals surface area contributed by atoms with Crippen LogP contribution in [0.15, 0.2) is 18.2 Å². The molecule has 2 nitrogen and oxygen atoms in total. The molecule has 3 heteroatoms. The van der Waals surface area contributed by atoms with Gasteiger partial charge in [0.05, 0.1) is 14.2 Å². The molecule has 0 spiro atoms. The summed E-state index contributed by atoms with van der Waals surface area (Å²) in [5.41, 5.74) is 1.23. The predicted octanol–water partition coefficient (Wildman–Crippen LogP) is 4.19. The minimum atomic E-state index is 0.368. The van der Waals surface area contributed by atoms with Gasteiger partial charge < -0.3 is 9.47 Å². The van der Waals surface area contributed by atoms with Gasteiger partial charge in [-0.1, -0.05) is 35.8 Å². The fraction of sp³-hybridized carbons (Fsp3) is 0.538. The normalized spacial score (nSPS) is 12.6. The molecule has 1 unspecified atom stereocenters. The van der Waals surface area contributed by atoms with Crippen LogP contribution in [0.5, 0.6) is 11.5 Å². The molecule has 0 saturated carbocycles. The van der Waals surface area contributed by atoms with E-state index < -0.39 is 0 Å². The summed E-state index contributed by atoms with van der Waals surface area (Å²) < 4.78 is 10.5. The molecule has 1 aromatic carbocycles. The van der Waals surface area contributed by atoms with E-state index in [1.165, 1.54) is 5.56 Å². The average Bonchev–Trinajstić information content (AvgIpc) is 2.27. The van der Waals surface area contributed by atoms with Gasteiger partial charge in [-0.3, -0.25) is 0 Å². The van der Waals surface area contributed by atoms with Crippen LogP contribution in [0.3, 0.4) is 0 Å². The lowest BCUT2D eigenvalue weighted by Crippen LogP contribution is -1.98. The molecule has 1 atom stereocenters. The van der Waals surface area contributed by atoms with E-state index in [4.69, 9.17) is 9.47 Å². The molecule has 0 aliphatic carbocycles. The second-order valence-electron chi connectivity index (χ2n) is 4.21. The van der Waals surface area contributed by atoms with Crippen LogP contribution in [0.25, 0.3) is 0 Å². The van der Waals surface area contributed by atoms with Crippen molar-refractivity contribution in [3.63, 3.8) is 0 Å². The Morgan fingerprint density at radius 1 is 1.12 bits per heavy atom. The van der Waals surface area contributed by atoms with Crippen molar-refractivity contribution < 1.29 is 9.47 Å². The third-order valence-corrected chi connectivity index (χ3v) is 3.35. The molecule has 0 amide bonds. The van der Waals surface area contributed by atoms with Crippen LogP contribution in [0.2, 0.25) is 0 Å². The number of hydrogen-bond acceptors (Lipinski definition) is 2. The maximum absolute atomic E-state index is 5.29.